The summed E-state index contributed by atoms with van der Waals surface area (Å²) in [4.78, 5) is 0. The monoisotopic (exact) mass is 239 g/mol. The van der Waals surface area contributed by atoms with Gasteiger partial charge in [-0.1, -0.05) is 6.92 Å². The first-order valence-corrected chi connectivity index (χ1v) is 6.29. The van der Waals surface area contributed by atoms with Crippen molar-refractivity contribution < 1.29 is 4.74 Å². The maximum atomic E-state index is 5.86. The van der Waals surface area contributed by atoms with Crippen molar-refractivity contribution in [1.29, 1.82) is 0 Å². The number of aryl methyl sites for hydroxylation is 1. The van der Waals surface area contributed by atoms with Gasteiger partial charge in [0, 0.05) is 13.2 Å². The summed E-state index contributed by atoms with van der Waals surface area (Å²) < 4.78 is 7.77. The van der Waals surface area contributed by atoms with Crippen LogP contribution in [0.2, 0.25) is 0 Å². The Balaban J connectivity index is 2.64. The highest BCUT2D eigenvalue weighted by Crippen LogP contribution is 2.16. The summed E-state index contributed by atoms with van der Waals surface area (Å²) in [6, 6.07) is 2.25. The van der Waals surface area contributed by atoms with E-state index in [1.807, 2.05) is 24.0 Å². The zero-order chi connectivity index (χ0) is 12.9. The fraction of sp³-hybridized carbons (Fsp3) is 0.769. The molecule has 1 N–H and O–H groups in total. The van der Waals surface area contributed by atoms with Crippen LogP contribution in [0.25, 0.3) is 0 Å². The highest BCUT2D eigenvalue weighted by Gasteiger charge is 2.18. The van der Waals surface area contributed by atoms with E-state index >= 15 is 0 Å². The Labute approximate surface area is 104 Å². The van der Waals surface area contributed by atoms with Crippen LogP contribution in [0.5, 0.6) is 0 Å². The van der Waals surface area contributed by atoms with E-state index in [-0.39, 0.29) is 11.6 Å². The third-order valence-electron chi connectivity index (χ3n) is 2.54. The van der Waals surface area contributed by atoms with E-state index in [1.54, 1.807) is 0 Å². The molecule has 1 atom stereocenters. The van der Waals surface area contributed by atoms with Gasteiger partial charge in [-0.25, -0.2) is 0 Å². The van der Waals surface area contributed by atoms with Crippen LogP contribution in [-0.2, 0) is 11.8 Å². The molecule has 0 amide bonds. The van der Waals surface area contributed by atoms with E-state index < -0.39 is 0 Å². The Hall–Kier alpha value is -0.870. The first kappa shape index (κ1) is 14.2. The molecule has 0 aliphatic carbocycles. The lowest BCUT2D eigenvalue weighted by Gasteiger charge is -2.25. The highest BCUT2D eigenvalue weighted by atomic mass is 16.5. The standard InChI is InChI=1S/C13H25N3O/c1-6-8-14-11(10-17-13(2,3)4)12-7-9-15-16(12)5/h7,9,11,14H,6,8,10H2,1-5H3. The SMILES string of the molecule is CCCNC(COC(C)(C)C)c1ccnn1C. The Morgan fingerprint density at radius 2 is 2.18 bits per heavy atom. The lowest BCUT2D eigenvalue weighted by Crippen LogP contribution is -2.32. The number of rotatable bonds is 6. The molecule has 1 rings (SSSR count). The van der Waals surface area contributed by atoms with Gasteiger partial charge in [-0.05, 0) is 39.8 Å². The molecule has 0 aliphatic heterocycles. The molecule has 0 bridgehead atoms. The fourth-order valence-corrected chi connectivity index (χ4v) is 1.63. The van der Waals surface area contributed by atoms with Crippen LogP contribution in [0.3, 0.4) is 0 Å². The molecular weight excluding hydrogens is 214 g/mol. The van der Waals surface area contributed by atoms with Crippen molar-refractivity contribution in [3.05, 3.63) is 18.0 Å². The van der Waals surface area contributed by atoms with Crippen LogP contribution in [-0.4, -0.2) is 28.5 Å². The van der Waals surface area contributed by atoms with Gasteiger partial charge in [0.05, 0.1) is 23.9 Å². The molecule has 0 aliphatic rings. The molecule has 4 nitrogen and oxygen atoms in total. The molecule has 0 aromatic carbocycles. The largest absolute Gasteiger partial charge is 0.374 e. The molecule has 0 fully saturated rings. The summed E-state index contributed by atoms with van der Waals surface area (Å²) in [6.07, 6.45) is 2.94. The van der Waals surface area contributed by atoms with Crippen molar-refractivity contribution in [1.82, 2.24) is 15.1 Å². The minimum atomic E-state index is -0.106. The zero-order valence-electron chi connectivity index (χ0n) is 11.7. The van der Waals surface area contributed by atoms with Crippen LogP contribution in [0.4, 0.5) is 0 Å². The second-order valence-corrected chi connectivity index (χ2v) is 5.31. The average molecular weight is 239 g/mol. The summed E-state index contributed by atoms with van der Waals surface area (Å²) >= 11 is 0. The summed E-state index contributed by atoms with van der Waals surface area (Å²) in [5.74, 6) is 0. The van der Waals surface area contributed by atoms with E-state index in [9.17, 15) is 0 Å². The first-order valence-electron chi connectivity index (χ1n) is 6.29. The Morgan fingerprint density at radius 3 is 2.65 bits per heavy atom. The maximum Gasteiger partial charge on any atom is 0.0729 e. The van der Waals surface area contributed by atoms with Gasteiger partial charge in [-0.3, -0.25) is 4.68 Å². The summed E-state index contributed by atoms with van der Waals surface area (Å²) in [5.41, 5.74) is 1.06. The quantitative estimate of drug-likeness (QED) is 0.827. The van der Waals surface area contributed by atoms with Gasteiger partial charge < -0.3 is 10.1 Å². The molecule has 17 heavy (non-hydrogen) atoms. The number of aromatic nitrogens is 2. The molecule has 0 saturated carbocycles. The van der Waals surface area contributed by atoms with Gasteiger partial charge in [-0.15, -0.1) is 0 Å². The molecule has 1 unspecified atom stereocenters. The van der Waals surface area contributed by atoms with Gasteiger partial charge in [-0.2, -0.15) is 5.10 Å². The van der Waals surface area contributed by atoms with E-state index in [0.29, 0.717) is 6.61 Å². The smallest absolute Gasteiger partial charge is 0.0729 e. The van der Waals surface area contributed by atoms with Crippen LogP contribution in [0.15, 0.2) is 12.3 Å². The number of hydrogen-bond acceptors (Lipinski definition) is 3. The lowest BCUT2D eigenvalue weighted by molar-refractivity contribution is -0.0157. The van der Waals surface area contributed by atoms with Crippen molar-refractivity contribution in [3.8, 4) is 0 Å². The van der Waals surface area contributed by atoms with E-state index in [0.717, 1.165) is 13.0 Å². The van der Waals surface area contributed by atoms with E-state index in [1.165, 1.54) is 5.69 Å². The van der Waals surface area contributed by atoms with Gasteiger partial charge in [0.1, 0.15) is 0 Å². The van der Waals surface area contributed by atoms with Crippen molar-refractivity contribution in [2.75, 3.05) is 13.2 Å². The molecule has 4 heteroatoms. The average Bonchev–Trinajstić information content (AvgIpc) is 2.63. The molecular formula is C13H25N3O. The Bertz CT molecular complexity index is 328. The van der Waals surface area contributed by atoms with Crippen LogP contribution < -0.4 is 5.32 Å². The van der Waals surface area contributed by atoms with Crippen molar-refractivity contribution >= 4 is 0 Å². The van der Waals surface area contributed by atoms with Gasteiger partial charge in [0.2, 0.25) is 0 Å². The normalized spacial score (nSPS) is 13.9. The molecule has 98 valence electrons. The summed E-state index contributed by atoms with van der Waals surface area (Å²) in [6.45, 7) is 10.1. The predicted molar refractivity (Wildman–Crippen MR) is 69.9 cm³/mol. The third-order valence-corrected chi connectivity index (χ3v) is 2.54. The topological polar surface area (TPSA) is 39.1 Å². The molecule has 1 aromatic heterocycles. The van der Waals surface area contributed by atoms with Gasteiger partial charge >= 0.3 is 0 Å². The second kappa shape index (κ2) is 6.17. The third kappa shape index (κ3) is 4.88. The maximum absolute atomic E-state index is 5.86. The molecule has 1 heterocycles. The number of ether oxygens (including phenoxy) is 1. The van der Waals surface area contributed by atoms with Crippen molar-refractivity contribution in [2.45, 2.75) is 45.8 Å². The molecule has 0 spiro atoms. The van der Waals surface area contributed by atoms with E-state index in [4.69, 9.17) is 4.74 Å². The molecule has 1 aromatic rings. The van der Waals surface area contributed by atoms with E-state index in [2.05, 4.69) is 38.1 Å². The number of nitrogens with one attached hydrogen (secondary N) is 1. The lowest BCUT2D eigenvalue weighted by atomic mass is 10.1. The van der Waals surface area contributed by atoms with Crippen molar-refractivity contribution in [2.24, 2.45) is 7.05 Å². The zero-order valence-corrected chi connectivity index (χ0v) is 11.7. The van der Waals surface area contributed by atoms with Gasteiger partial charge in [0.25, 0.3) is 0 Å². The Kier molecular flexibility index (Phi) is 5.15. The fourth-order valence-electron chi connectivity index (χ4n) is 1.63. The minimum Gasteiger partial charge on any atom is -0.374 e. The van der Waals surface area contributed by atoms with Crippen LogP contribution in [0, 0.1) is 0 Å². The van der Waals surface area contributed by atoms with Crippen LogP contribution >= 0.6 is 0 Å². The highest BCUT2D eigenvalue weighted by molar-refractivity contribution is 5.06. The predicted octanol–water partition coefficient (Wildman–Crippen LogP) is 2.28. The summed E-state index contributed by atoms with van der Waals surface area (Å²) in [7, 11) is 1.97. The number of nitrogens with zero attached hydrogens (tertiary/aromatic N) is 2. The summed E-state index contributed by atoms with van der Waals surface area (Å²) in [5, 5.41) is 7.71. The van der Waals surface area contributed by atoms with Gasteiger partial charge in [0.15, 0.2) is 0 Å². The van der Waals surface area contributed by atoms with Crippen molar-refractivity contribution in [3.63, 3.8) is 0 Å². The minimum absolute atomic E-state index is 0.106. The number of hydrogen-bond donors (Lipinski definition) is 1. The first-order chi connectivity index (χ1) is 7.94. The Morgan fingerprint density at radius 1 is 1.47 bits per heavy atom. The second-order valence-electron chi connectivity index (χ2n) is 5.31. The van der Waals surface area contributed by atoms with Crippen LogP contribution in [0.1, 0.15) is 45.9 Å². The molecule has 0 saturated heterocycles. The molecule has 0 radical (unpaired) electrons.